The number of hydrogen-bond donors (Lipinski definition) is 3. The molecule has 1 aromatic rings. The summed E-state index contributed by atoms with van der Waals surface area (Å²) < 4.78 is 5.41. The lowest BCUT2D eigenvalue weighted by molar-refractivity contribution is -0.145. The Kier molecular flexibility index (Phi) is 6.99. The Morgan fingerprint density at radius 2 is 1.87 bits per heavy atom. The minimum Gasteiger partial charge on any atom is -0.480 e. The van der Waals surface area contributed by atoms with E-state index in [9.17, 15) is 4.79 Å². The lowest BCUT2D eigenvalue weighted by atomic mass is 10.00. The van der Waals surface area contributed by atoms with E-state index in [-0.39, 0.29) is 24.9 Å². The van der Waals surface area contributed by atoms with Crippen molar-refractivity contribution in [3.63, 3.8) is 0 Å². The Labute approximate surface area is 177 Å². The molecule has 0 aliphatic carbocycles. The van der Waals surface area contributed by atoms with Crippen LogP contribution in [0.1, 0.15) is 49.3 Å². The molecule has 2 unspecified atom stereocenters. The predicted molar refractivity (Wildman–Crippen MR) is 112 cm³/mol. The van der Waals surface area contributed by atoms with Gasteiger partial charge in [-0.15, -0.1) is 0 Å². The number of likely N-dealkylation sites (tertiary alicyclic amines) is 2. The van der Waals surface area contributed by atoms with Gasteiger partial charge in [0.05, 0.1) is 18.2 Å². The minimum atomic E-state index is -0.908. The molecule has 8 nitrogen and oxygen atoms in total. The zero-order valence-corrected chi connectivity index (χ0v) is 17.4. The molecular formula is C22H32N4O4. The van der Waals surface area contributed by atoms with E-state index in [1.54, 1.807) is 0 Å². The van der Waals surface area contributed by atoms with E-state index >= 15 is 0 Å². The van der Waals surface area contributed by atoms with Crippen LogP contribution in [0.3, 0.4) is 0 Å². The molecule has 164 valence electrons. The largest absolute Gasteiger partial charge is 0.480 e. The van der Waals surface area contributed by atoms with Crippen molar-refractivity contribution in [1.29, 1.82) is 5.41 Å². The van der Waals surface area contributed by atoms with Crippen molar-refractivity contribution in [2.24, 2.45) is 0 Å². The maximum atomic E-state index is 10.6. The van der Waals surface area contributed by atoms with Gasteiger partial charge in [-0.25, -0.2) is 4.79 Å². The van der Waals surface area contributed by atoms with Crippen LogP contribution < -0.4 is 5.48 Å². The van der Waals surface area contributed by atoms with Crippen molar-refractivity contribution in [1.82, 2.24) is 15.3 Å². The van der Waals surface area contributed by atoms with Gasteiger partial charge in [-0.05, 0) is 37.7 Å². The zero-order chi connectivity index (χ0) is 20.9. The highest BCUT2D eigenvalue weighted by Crippen LogP contribution is 2.27. The average Bonchev–Trinajstić information content (AvgIpc) is 3.45. The fourth-order valence-electron chi connectivity index (χ4n) is 4.59. The van der Waals surface area contributed by atoms with Gasteiger partial charge in [0.1, 0.15) is 12.4 Å². The van der Waals surface area contributed by atoms with Crippen molar-refractivity contribution < 1.29 is 19.5 Å². The number of carboxylic acids is 1. The number of hydrogen-bond acceptors (Lipinski definition) is 6. The first-order valence-electron chi connectivity index (χ1n) is 11.0. The molecule has 0 aromatic heterocycles. The molecule has 8 heteroatoms. The van der Waals surface area contributed by atoms with Crippen molar-refractivity contribution in [2.45, 2.75) is 50.4 Å². The third-order valence-electron chi connectivity index (χ3n) is 6.32. The molecule has 4 rings (SSSR count). The number of carboxylic acid groups (broad SMARTS) is 1. The molecule has 0 bridgehead atoms. The van der Waals surface area contributed by atoms with Gasteiger partial charge < -0.3 is 19.6 Å². The summed E-state index contributed by atoms with van der Waals surface area (Å²) in [7, 11) is 0. The average molecular weight is 417 g/mol. The summed E-state index contributed by atoms with van der Waals surface area (Å²) in [5, 5.41) is 17.1. The molecule has 0 radical (unpaired) electrons. The second-order valence-corrected chi connectivity index (χ2v) is 8.52. The topological polar surface area (TPSA) is 98.1 Å². The van der Waals surface area contributed by atoms with Crippen molar-refractivity contribution in [3.8, 4) is 0 Å². The Hall–Kier alpha value is -2.00. The Morgan fingerprint density at radius 1 is 1.17 bits per heavy atom. The molecule has 0 saturated carbocycles. The van der Waals surface area contributed by atoms with E-state index in [4.69, 9.17) is 20.1 Å². The molecule has 30 heavy (non-hydrogen) atoms. The number of nitrogens with zero attached hydrogens (tertiary/aromatic N) is 2. The number of rotatable bonds is 7. The molecule has 3 heterocycles. The fraction of sp³-hybridized carbons (Fsp3) is 0.636. The normalized spacial score (nSPS) is 25.7. The summed E-state index contributed by atoms with van der Waals surface area (Å²) in [5.74, 6) is -0.280. The lowest BCUT2D eigenvalue weighted by Crippen LogP contribution is -2.41. The summed E-state index contributed by atoms with van der Waals surface area (Å²) in [6.07, 6.45) is 5.18. The number of nitrogens with one attached hydrogen (secondary N) is 2. The van der Waals surface area contributed by atoms with Crippen molar-refractivity contribution >= 4 is 11.8 Å². The standard InChI is InChI=1S/C22H32N4O4/c23-22(26-9-1-2-10-26)17-5-3-16(4-6-17)20-13-19(30-24-20)14-25-11-7-18(8-12-25)29-15-21(27)28/h3-6,18-20,23-24H,1-2,7-15H2,(H,27,28). The SMILES string of the molecule is N=C(c1ccc(C2CC(CN3CCC(OCC(=O)O)CC3)ON2)cc1)N1CCCC1. The fourth-order valence-corrected chi connectivity index (χ4v) is 4.59. The summed E-state index contributed by atoms with van der Waals surface area (Å²) in [4.78, 5) is 21.0. The second kappa shape index (κ2) is 9.87. The van der Waals surface area contributed by atoms with Gasteiger partial charge in [0, 0.05) is 38.3 Å². The van der Waals surface area contributed by atoms with Crippen LogP contribution >= 0.6 is 0 Å². The first-order chi connectivity index (χ1) is 14.6. The maximum Gasteiger partial charge on any atom is 0.329 e. The highest BCUT2D eigenvalue weighted by atomic mass is 16.7. The smallest absolute Gasteiger partial charge is 0.329 e. The molecule has 1 aromatic carbocycles. The third kappa shape index (κ3) is 5.37. The first kappa shape index (κ1) is 21.2. The Morgan fingerprint density at radius 3 is 2.53 bits per heavy atom. The molecule has 3 aliphatic heterocycles. The number of piperidine rings is 1. The molecule has 3 N–H and O–H groups in total. The number of benzene rings is 1. The van der Waals surface area contributed by atoms with Crippen LogP contribution in [0.25, 0.3) is 0 Å². The van der Waals surface area contributed by atoms with Crippen LogP contribution in [0.4, 0.5) is 0 Å². The molecule has 3 saturated heterocycles. The van der Waals surface area contributed by atoms with Crippen LogP contribution in [0.15, 0.2) is 24.3 Å². The van der Waals surface area contributed by atoms with Gasteiger partial charge in [-0.2, -0.15) is 5.48 Å². The highest BCUT2D eigenvalue weighted by Gasteiger charge is 2.30. The molecule has 3 fully saturated rings. The summed E-state index contributed by atoms with van der Waals surface area (Å²) in [5.41, 5.74) is 5.34. The van der Waals surface area contributed by atoms with E-state index < -0.39 is 5.97 Å². The second-order valence-electron chi connectivity index (χ2n) is 8.52. The van der Waals surface area contributed by atoms with Crippen molar-refractivity contribution in [2.75, 3.05) is 39.3 Å². The molecular weight excluding hydrogens is 384 g/mol. The third-order valence-corrected chi connectivity index (χ3v) is 6.32. The van der Waals surface area contributed by atoms with Gasteiger partial charge >= 0.3 is 5.97 Å². The van der Waals surface area contributed by atoms with Crippen LogP contribution in [0.5, 0.6) is 0 Å². The Balaban J connectivity index is 1.22. The molecule has 0 spiro atoms. The van der Waals surface area contributed by atoms with E-state index in [2.05, 4.69) is 27.4 Å². The van der Waals surface area contributed by atoms with Gasteiger partial charge in [0.2, 0.25) is 0 Å². The number of amidine groups is 1. The van der Waals surface area contributed by atoms with E-state index in [0.29, 0.717) is 5.84 Å². The number of carbonyl (C=O) groups is 1. The predicted octanol–water partition coefficient (Wildman–Crippen LogP) is 2.01. The van der Waals surface area contributed by atoms with Crippen LogP contribution in [0, 0.1) is 5.41 Å². The highest BCUT2D eigenvalue weighted by molar-refractivity contribution is 5.96. The van der Waals surface area contributed by atoms with Gasteiger partial charge in [-0.3, -0.25) is 10.2 Å². The van der Waals surface area contributed by atoms with Crippen LogP contribution in [-0.4, -0.2) is 78.2 Å². The summed E-state index contributed by atoms with van der Waals surface area (Å²) >= 11 is 0. The maximum absolute atomic E-state index is 10.6. The van der Waals surface area contributed by atoms with E-state index in [0.717, 1.165) is 57.5 Å². The molecule has 3 aliphatic rings. The van der Waals surface area contributed by atoms with Gasteiger partial charge in [0.15, 0.2) is 0 Å². The lowest BCUT2D eigenvalue weighted by Gasteiger charge is -2.32. The monoisotopic (exact) mass is 416 g/mol. The summed E-state index contributed by atoms with van der Waals surface area (Å²) in [6, 6.07) is 8.48. The quantitative estimate of drug-likeness (QED) is 0.462. The van der Waals surface area contributed by atoms with Gasteiger partial charge in [-0.1, -0.05) is 24.3 Å². The minimum absolute atomic E-state index is 0.0468. The number of aliphatic carboxylic acids is 1. The first-order valence-corrected chi connectivity index (χ1v) is 11.0. The van der Waals surface area contributed by atoms with E-state index in [1.807, 2.05) is 12.1 Å². The van der Waals surface area contributed by atoms with Gasteiger partial charge in [0.25, 0.3) is 0 Å². The molecule has 0 amide bonds. The number of hydroxylamine groups is 1. The van der Waals surface area contributed by atoms with Crippen LogP contribution in [0.2, 0.25) is 0 Å². The van der Waals surface area contributed by atoms with E-state index in [1.165, 1.54) is 18.4 Å². The summed E-state index contributed by atoms with van der Waals surface area (Å²) in [6.45, 7) is 4.45. The van der Waals surface area contributed by atoms with Crippen molar-refractivity contribution in [3.05, 3.63) is 35.4 Å². The number of ether oxygens (including phenoxy) is 1. The molecule has 2 atom stereocenters. The Bertz CT molecular complexity index is 727. The van der Waals surface area contributed by atoms with Crippen LogP contribution in [-0.2, 0) is 14.4 Å². The zero-order valence-electron chi connectivity index (χ0n) is 17.4.